The van der Waals surface area contributed by atoms with E-state index in [9.17, 15) is 4.79 Å². The van der Waals surface area contributed by atoms with Crippen LogP contribution in [-0.4, -0.2) is 12.3 Å². The van der Waals surface area contributed by atoms with Gasteiger partial charge in [-0.1, -0.05) is 0 Å². The van der Waals surface area contributed by atoms with Crippen LogP contribution in [-0.2, 0) is 6.54 Å². The van der Waals surface area contributed by atoms with Crippen molar-refractivity contribution in [3.8, 4) is 0 Å². The Morgan fingerprint density at radius 2 is 1.70 bits per heavy atom. The average molecular weight is 271 g/mol. The van der Waals surface area contributed by atoms with E-state index in [0.717, 1.165) is 40.8 Å². The molecule has 0 spiro atoms. The third-order valence-corrected chi connectivity index (χ3v) is 6.25. The van der Waals surface area contributed by atoms with Crippen LogP contribution in [0.5, 0.6) is 0 Å². The number of hydrogen-bond donors (Lipinski definition) is 1. The standard InChI is InChI=1S/C17H21NO2/c19-14-7-18-8-16-13(14)6-15(20-16)17-11-2-9-1-10(4-11)5-12(17)3-9/h6,9-12,17-18H,1-5,7-8H2. The molecule has 0 atom stereocenters. The van der Waals surface area contributed by atoms with Crippen LogP contribution in [0.1, 0.15) is 59.9 Å². The Balaban J connectivity index is 1.53. The molecule has 0 saturated heterocycles. The molecule has 5 aliphatic rings. The minimum atomic E-state index is 0.199. The molecule has 6 rings (SSSR count). The van der Waals surface area contributed by atoms with Gasteiger partial charge in [0, 0.05) is 5.92 Å². The summed E-state index contributed by atoms with van der Waals surface area (Å²) in [5.74, 6) is 6.42. The quantitative estimate of drug-likeness (QED) is 0.853. The van der Waals surface area contributed by atoms with Crippen molar-refractivity contribution in [1.29, 1.82) is 0 Å². The molecule has 4 bridgehead atoms. The van der Waals surface area contributed by atoms with Crippen molar-refractivity contribution in [2.24, 2.45) is 23.7 Å². The van der Waals surface area contributed by atoms with Crippen molar-refractivity contribution in [2.75, 3.05) is 6.54 Å². The molecule has 3 nitrogen and oxygen atoms in total. The van der Waals surface area contributed by atoms with Gasteiger partial charge in [0.2, 0.25) is 0 Å². The highest BCUT2D eigenvalue weighted by molar-refractivity contribution is 5.99. The molecule has 2 heterocycles. The topological polar surface area (TPSA) is 42.2 Å². The average Bonchev–Trinajstić information content (AvgIpc) is 2.82. The second-order valence-electron chi connectivity index (χ2n) is 7.47. The van der Waals surface area contributed by atoms with E-state index < -0.39 is 0 Å². The zero-order chi connectivity index (χ0) is 13.3. The van der Waals surface area contributed by atoms with Crippen LogP contribution in [0.2, 0.25) is 0 Å². The normalized spacial score (nSPS) is 42.0. The first kappa shape index (κ1) is 11.6. The first-order chi connectivity index (χ1) is 9.78. The van der Waals surface area contributed by atoms with Gasteiger partial charge in [-0.2, -0.15) is 0 Å². The lowest BCUT2D eigenvalue weighted by Gasteiger charge is -2.53. The van der Waals surface area contributed by atoms with Gasteiger partial charge in [0.05, 0.1) is 18.7 Å². The molecule has 3 heteroatoms. The summed E-state index contributed by atoms with van der Waals surface area (Å²) in [7, 11) is 0. The summed E-state index contributed by atoms with van der Waals surface area (Å²) in [4.78, 5) is 12.0. The Bertz CT molecular complexity index is 546. The molecule has 4 fully saturated rings. The third kappa shape index (κ3) is 1.53. The zero-order valence-corrected chi connectivity index (χ0v) is 11.7. The van der Waals surface area contributed by atoms with Gasteiger partial charge in [0.15, 0.2) is 5.78 Å². The smallest absolute Gasteiger partial charge is 0.180 e. The van der Waals surface area contributed by atoms with E-state index in [1.165, 1.54) is 32.1 Å². The van der Waals surface area contributed by atoms with Crippen molar-refractivity contribution < 1.29 is 9.21 Å². The monoisotopic (exact) mass is 271 g/mol. The highest BCUT2D eigenvalue weighted by atomic mass is 16.3. The highest BCUT2D eigenvalue weighted by Gasteiger charge is 2.50. The van der Waals surface area contributed by atoms with Gasteiger partial charge in [0.1, 0.15) is 11.5 Å². The number of nitrogens with one attached hydrogen (secondary N) is 1. The van der Waals surface area contributed by atoms with E-state index in [1.54, 1.807) is 0 Å². The lowest BCUT2D eigenvalue weighted by atomic mass is 9.51. The number of ketones is 1. The van der Waals surface area contributed by atoms with E-state index >= 15 is 0 Å². The van der Waals surface area contributed by atoms with E-state index in [2.05, 4.69) is 11.4 Å². The maximum atomic E-state index is 12.0. The van der Waals surface area contributed by atoms with Gasteiger partial charge in [-0.05, 0) is 61.8 Å². The maximum Gasteiger partial charge on any atom is 0.180 e. The SMILES string of the molecule is O=C1CNCc2oc(C3C4CC5CC(C4)CC3C5)cc21. The Morgan fingerprint density at radius 1 is 1.00 bits per heavy atom. The zero-order valence-electron chi connectivity index (χ0n) is 11.7. The second-order valence-corrected chi connectivity index (χ2v) is 7.47. The van der Waals surface area contributed by atoms with Crippen molar-refractivity contribution in [2.45, 2.75) is 44.6 Å². The fourth-order valence-corrected chi connectivity index (χ4v) is 5.76. The molecule has 4 saturated carbocycles. The van der Waals surface area contributed by atoms with Gasteiger partial charge >= 0.3 is 0 Å². The Labute approximate surface area is 119 Å². The fraction of sp³-hybridized carbons (Fsp3) is 0.706. The molecule has 106 valence electrons. The number of Topliss-reactive ketones (excluding diaryl/α,β-unsaturated/α-hetero) is 1. The minimum absolute atomic E-state index is 0.199. The van der Waals surface area contributed by atoms with Crippen LogP contribution in [0, 0.1) is 23.7 Å². The van der Waals surface area contributed by atoms with Crippen LogP contribution in [0.25, 0.3) is 0 Å². The van der Waals surface area contributed by atoms with E-state index in [1.807, 2.05) is 0 Å². The molecule has 0 unspecified atom stereocenters. The van der Waals surface area contributed by atoms with E-state index in [-0.39, 0.29) is 5.78 Å². The van der Waals surface area contributed by atoms with Crippen molar-refractivity contribution in [3.63, 3.8) is 0 Å². The van der Waals surface area contributed by atoms with Crippen LogP contribution < -0.4 is 5.32 Å². The Morgan fingerprint density at radius 3 is 2.35 bits per heavy atom. The summed E-state index contributed by atoms with van der Waals surface area (Å²) in [6.45, 7) is 1.18. The number of rotatable bonds is 1. The second kappa shape index (κ2) is 3.97. The molecule has 1 aromatic rings. The van der Waals surface area contributed by atoms with Crippen molar-refractivity contribution >= 4 is 5.78 Å². The first-order valence-corrected chi connectivity index (χ1v) is 8.14. The minimum Gasteiger partial charge on any atom is -0.464 e. The largest absolute Gasteiger partial charge is 0.464 e. The molecule has 0 amide bonds. The van der Waals surface area contributed by atoms with Crippen LogP contribution in [0.3, 0.4) is 0 Å². The molecule has 0 aromatic carbocycles. The highest BCUT2D eigenvalue weighted by Crippen LogP contribution is 2.60. The Kier molecular flexibility index (Phi) is 2.29. The van der Waals surface area contributed by atoms with Crippen LogP contribution >= 0.6 is 0 Å². The van der Waals surface area contributed by atoms with Crippen molar-refractivity contribution in [1.82, 2.24) is 5.32 Å². The lowest BCUT2D eigenvalue weighted by molar-refractivity contribution is -0.00994. The number of furan rings is 1. The van der Waals surface area contributed by atoms with Gasteiger partial charge < -0.3 is 9.73 Å². The van der Waals surface area contributed by atoms with Crippen LogP contribution in [0.4, 0.5) is 0 Å². The number of carbonyl (C=O) groups excluding carboxylic acids is 1. The van der Waals surface area contributed by atoms with Gasteiger partial charge in [-0.15, -0.1) is 0 Å². The molecule has 0 radical (unpaired) electrons. The summed E-state index contributed by atoms with van der Waals surface area (Å²) < 4.78 is 6.12. The fourth-order valence-electron chi connectivity index (χ4n) is 5.76. The molecule has 1 N–H and O–H groups in total. The summed E-state index contributed by atoms with van der Waals surface area (Å²) in [5.41, 5.74) is 0.854. The summed E-state index contributed by atoms with van der Waals surface area (Å²) in [6, 6.07) is 2.09. The van der Waals surface area contributed by atoms with Gasteiger partial charge in [-0.3, -0.25) is 4.79 Å². The Hall–Kier alpha value is -1.09. The summed E-state index contributed by atoms with van der Waals surface area (Å²) in [6.07, 6.45) is 7.08. The summed E-state index contributed by atoms with van der Waals surface area (Å²) in [5, 5.41) is 3.13. The predicted molar refractivity (Wildman–Crippen MR) is 74.5 cm³/mol. The number of carbonyl (C=O) groups is 1. The number of hydrogen-bond acceptors (Lipinski definition) is 3. The predicted octanol–water partition coefficient (Wildman–Crippen LogP) is 3.11. The van der Waals surface area contributed by atoms with E-state index in [0.29, 0.717) is 19.0 Å². The molecule has 20 heavy (non-hydrogen) atoms. The third-order valence-electron chi connectivity index (χ3n) is 6.25. The summed E-state index contributed by atoms with van der Waals surface area (Å²) >= 11 is 0. The lowest BCUT2D eigenvalue weighted by Crippen LogP contribution is -2.43. The van der Waals surface area contributed by atoms with Crippen molar-refractivity contribution in [3.05, 3.63) is 23.2 Å². The molecule has 1 aliphatic heterocycles. The number of fused-ring (bicyclic) bond motifs is 1. The van der Waals surface area contributed by atoms with Crippen LogP contribution in [0.15, 0.2) is 10.5 Å². The molecule has 4 aliphatic carbocycles. The van der Waals surface area contributed by atoms with Gasteiger partial charge in [0.25, 0.3) is 0 Å². The molecule has 1 aromatic heterocycles. The first-order valence-electron chi connectivity index (χ1n) is 8.14. The molecular weight excluding hydrogens is 250 g/mol. The maximum absolute atomic E-state index is 12.0. The van der Waals surface area contributed by atoms with Gasteiger partial charge in [-0.25, -0.2) is 0 Å². The van der Waals surface area contributed by atoms with E-state index in [4.69, 9.17) is 4.42 Å². The molecular formula is C17H21NO2.